The van der Waals surface area contributed by atoms with Crippen LogP contribution in [0.2, 0.25) is 0 Å². The van der Waals surface area contributed by atoms with Crippen LogP contribution in [0.4, 0.5) is 4.39 Å². The summed E-state index contributed by atoms with van der Waals surface area (Å²) in [5.74, 6) is -1.68. The lowest BCUT2D eigenvalue weighted by Crippen LogP contribution is -2.27. The van der Waals surface area contributed by atoms with Gasteiger partial charge in [-0.05, 0) is 37.3 Å². The zero-order valence-electron chi connectivity index (χ0n) is 14.9. The SMILES string of the molecule is C/C=C(\C(C)=C(/C)NC1=C(F)[C@@H](C)[C@@H](C#N)C(Cl)=N1)C(C)(C)C. The predicted molar refractivity (Wildman–Crippen MR) is 94.4 cm³/mol. The van der Waals surface area contributed by atoms with Gasteiger partial charge in [0.15, 0.2) is 5.82 Å². The van der Waals surface area contributed by atoms with Crippen LogP contribution in [0.3, 0.4) is 0 Å². The highest BCUT2D eigenvalue weighted by Gasteiger charge is 2.32. The number of hydrogen-bond donors (Lipinski definition) is 1. The number of hydrogen-bond acceptors (Lipinski definition) is 3. The van der Waals surface area contributed by atoms with Crippen molar-refractivity contribution < 1.29 is 4.39 Å². The molecule has 1 aliphatic heterocycles. The Balaban J connectivity index is 3.20. The molecule has 0 bridgehead atoms. The van der Waals surface area contributed by atoms with Gasteiger partial charge in [-0.3, -0.25) is 0 Å². The van der Waals surface area contributed by atoms with Crippen LogP contribution in [0.5, 0.6) is 0 Å². The van der Waals surface area contributed by atoms with Crippen molar-refractivity contribution in [3.8, 4) is 6.07 Å². The molecule has 0 aromatic rings. The molecule has 2 atom stereocenters. The van der Waals surface area contributed by atoms with Crippen molar-refractivity contribution in [2.24, 2.45) is 22.2 Å². The molecule has 1 N–H and O–H groups in total. The van der Waals surface area contributed by atoms with Crippen LogP contribution in [0.25, 0.3) is 0 Å². The molecule has 0 saturated carbocycles. The summed E-state index contributed by atoms with van der Waals surface area (Å²) >= 11 is 6.02. The molecule has 0 amide bonds. The van der Waals surface area contributed by atoms with E-state index in [1.807, 2.05) is 26.8 Å². The van der Waals surface area contributed by atoms with Crippen LogP contribution >= 0.6 is 11.6 Å². The summed E-state index contributed by atoms with van der Waals surface area (Å²) in [6.07, 6.45) is 2.07. The smallest absolute Gasteiger partial charge is 0.163 e. The number of rotatable bonds is 3. The standard InChI is InChI=1S/C18H25ClFN3/c1-8-14(18(5,6)7)10(2)12(4)22-17-15(20)11(3)13(9-21)16(19)23-17/h8,11,13,22H,1-7H3/b12-10+,14-8+/t11-,13+/m0/s1. The van der Waals surface area contributed by atoms with Crippen molar-refractivity contribution >= 4 is 16.8 Å². The largest absolute Gasteiger partial charge is 0.342 e. The van der Waals surface area contributed by atoms with E-state index in [0.717, 1.165) is 11.3 Å². The maximum Gasteiger partial charge on any atom is 0.163 e. The van der Waals surface area contributed by atoms with Gasteiger partial charge in [-0.2, -0.15) is 5.26 Å². The molecule has 126 valence electrons. The summed E-state index contributed by atoms with van der Waals surface area (Å²) in [4.78, 5) is 4.04. The number of aliphatic imine (C=N–C) groups is 1. The molecule has 1 heterocycles. The number of halogens is 2. The fourth-order valence-corrected chi connectivity index (χ4v) is 3.06. The van der Waals surface area contributed by atoms with Crippen molar-refractivity contribution in [3.63, 3.8) is 0 Å². The van der Waals surface area contributed by atoms with Gasteiger partial charge in [0.2, 0.25) is 0 Å². The van der Waals surface area contributed by atoms with Gasteiger partial charge in [0.25, 0.3) is 0 Å². The lowest BCUT2D eigenvalue weighted by Gasteiger charge is -2.27. The van der Waals surface area contributed by atoms with Gasteiger partial charge < -0.3 is 5.32 Å². The molecule has 3 nitrogen and oxygen atoms in total. The van der Waals surface area contributed by atoms with E-state index in [1.54, 1.807) is 6.92 Å². The van der Waals surface area contributed by atoms with Crippen LogP contribution < -0.4 is 5.32 Å². The van der Waals surface area contributed by atoms with E-state index in [4.69, 9.17) is 16.9 Å². The van der Waals surface area contributed by atoms with Crippen LogP contribution in [0.1, 0.15) is 48.5 Å². The third-order valence-electron chi connectivity index (χ3n) is 4.11. The Morgan fingerprint density at radius 2 is 1.96 bits per heavy atom. The summed E-state index contributed by atoms with van der Waals surface area (Å²) in [5, 5.41) is 12.2. The van der Waals surface area contributed by atoms with Crippen LogP contribution in [0, 0.1) is 28.6 Å². The Morgan fingerprint density at radius 3 is 2.39 bits per heavy atom. The van der Waals surface area contributed by atoms with Crippen molar-refractivity contribution in [2.75, 3.05) is 0 Å². The molecule has 23 heavy (non-hydrogen) atoms. The zero-order valence-corrected chi connectivity index (χ0v) is 15.6. The van der Waals surface area contributed by atoms with Gasteiger partial charge in [0.05, 0.1) is 6.07 Å². The molecule has 5 heteroatoms. The highest BCUT2D eigenvalue weighted by Crippen LogP contribution is 2.34. The maximum absolute atomic E-state index is 14.5. The third kappa shape index (κ3) is 4.23. The molecular weight excluding hydrogens is 313 g/mol. The van der Waals surface area contributed by atoms with Crippen LogP contribution in [0.15, 0.2) is 39.6 Å². The minimum absolute atomic E-state index is 0.0125. The lowest BCUT2D eigenvalue weighted by atomic mass is 9.81. The molecular formula is C18H25ClFN3. The summed E-state index contributed by atoms with van der Waals surface area (Å²) in [6, 6.07) is 1.99. The first-order valence-electron chi connectivity index (χ1n) is 7.69. The van der Waals surface area contributed by atoms with Crippen molar-refractivity contribution in [1.29, 1.82) is 5.26 Å². The third-order valence-corrected chi connectivity index (χ3v) is 4.43. The first-order valence-corrected chi connectivity index (χ1v) is 8.07. The second kappa shape index (κ2) is 7.31. The Kier molecular flexibility index (Phi) is 6.18. The number of nitrogens with one attached hydrogen (secondary N) is 1. The van der Waals surface area contributed by atoms with Gasteiger partial charge >= 0.3 is 0 Å². The monoisotopic (exact) mass is 337 g/mol. The molecule has 1 aliphatic rings. The quantitative estimate of drug-likeness (QED) is 0.698. The van der Waals surface area contributed by atoms with Crippen molar-refractivity contribution in [2.45, 2.75) is 48.5 Å². The molecule has 0 aromatic heterocycles. The van der Waals surface area contributed by atoms with Crippen LogP contribution in [-0.4, -0.2) is 5.17 Å². The molecule has 0 saturated heterocycles. The van der Waals surface area contributed by atoms with E-state index >= 15 is 0 Å². The average molecular weight is 338 g/mol. The Bertz CT molecular complexity index is 642. The first kappa shape index (κ1) is 19.4. The fourth-order valence-electron chi connectivity index (χ4n) is 2.74. The second-order valence-corrected chi connectivity index (χ2v) is 7.24. The minimum atomic E-state index is -0.728. The molecule has 1 rings (SSSR count). The van der Waals surface area contributed by atoms with Gasteiger partial charge in [0.1, 0.15) is 16.9 Å². The Morgan fingerprint density at radius 1 is 1.39 bits per heavy atom. The Hall–Kier alpha value is -1.60. The number of nitrogens with zero attached hydrogens (tertiary/aromatic N) is 2. The van der Waals surface area contributed by atoms with E-state index in [9.17, 15) is 4.39 Å². The van der Waals surface area contributed by atoms with E-state index < -0.39 is 17.7 Å². The lowest BCUT2D eigenvalue weighted by molar-refractivity contribution is 0.441. The number of allylic oxidation sites excluding steroid dienone is 5. The van der Waals surface area contributed by atoms with Crippen molar-refractivity contribution in [1.82, 2.24) is 5.32 Å². The van der Waals surface area contributed by atoms with E-state index in [1.165, 1.54) is 5.57 Å². The fraction of sp³-hybridized carbons (Fsp3) is 0.556. The molecule has 0 fully saturated rings. The topological polar surface area (TPSA) is 48.2 Å². The summed E-state index contributed by atoms with van der Waals surface area (Å²) in [7, 11) is 0. The normalized spacial score (nSPS) is 24.0. The van der Waals surface area contributed by atoms with E-state index in [0.29, 0.717) is 0 Å². The molecule has 0 spiro atoms. The van der Waals surface area contributed by atoms with Crippen molar-refractivity contribution in [3.05, 3.63) is 34.6 Å². The van der Waals surface area contributed by atoms with E-state index in [2.05, 4.69) is 37.2 Å². The average Bonchev–Trinajstić information content (AvgIpc) is 2.44. The predicted octanol–water partition coefficient (Wildman–Crippen LogP) is 5.43. The zero-order chi connectivity index (χ0) is 17.9. The van der Waals surface area contributed by atoms with Crippen LogP contribution in [-0.2, 0) is 0 Å². The second-order valence-electron chi connectivity index (χ2n) is 6.85. The van der Waals surface area contributed by atoms with E-state index in [-0.39, 0.29) is 16.4 Å². The summed E-state index contributed by atoms with van der Waals surface area (Å²) < 4.78 is 14.5. The highest BCUT2D eigenvalue weighted by atomic mass is 35.5. The van der Waals surface area contributed by atoms with Gasteiger partial charge in [0, 0.05) is 11.6 Å². The van der Waals surface area contributed by atoms with Gasteiger partial charge in [-0.1, -0.05) is 45.4 Å². The van der Waals surface area contributed by atoms with Gasteiger partial charge in [-0.25, -0.2) is 9.38 Å². The maximum atomic E-state index is 14.5. The summed E-state index contributed by atoms with van der Waals surface area (Å²) in [5.41, 5.74) is 3.02. The van der Waals surface area contributed by atoms with Gasteiger partial charge in [-0.15, -0.1) is 0 Å². The molecule has 0 aromatic carbocycles. The summed E-state index contributed by atoms with van der Waals surface area (Å²) in [6.45, 7) is 13.9. The Labute approximate surface area is 143 Å². The minimum Gasteiger partial charge on any atom is -0.342 e. The molecule has 0 radical (unpaired) electrons. The molecule has 0 unspecified atom stereocenters. The highest BCUT2D eigenvalue weighted by molar-refractivity contribution is 6.66. The first-order chi connectivity index (χ1) is 10.5. The molecule has 0 aliphatic carbocycles. The number of nitriles is 1.